The van der Waals surface area contributed by atoms with E-state index < -0.39 is 5.54 Å². The van der Waals surface area contributed by atoms with E-state index in [9.17, 15) is 9.59 Å². The van der Waals surface area contributed by atoms with Crippen LogP contribution in [0, 0.1) is 0 Å². The van der Waals surface area contributed by atoms with Crippen molar-refractivity contribution >= 4 is 11.8 Å². The van der Waals surface area contributed by atoms with E-state index in [4.69, 9.17) is 5.73 Å². The molecule has 0 aromatic rings. The zero-order valence-corrected chi connectivity index (χ0v) is 11.9. The topological polar surface area (TPSA) is 69.9 Å². The highest BCUT2D eigenvalue weighted by Crippen LogP contribution is 2.31. The van der Waals surface area contributed by atoms with Crippen molar-refractivity contribution in [3.8, 4) is 0 Å². The lowest BCUT2D eigenvalue weighted by molar-refractivity contribution is -0.145. The van der Waals surface area contributed by atoms with Gasteiger partial charge in [0, 0.05) is 26.2 Å². The van der Waals surface area contributed by atoms with Crippen LogP contribution < -0.4 is 5.73 Å². The van der Waals surface area contributed by atoms with E-state index in [1.807, 2.05) is 28.8 Å². The second kappa shape index (κ2) is 5.46. The predicted octanol–water partition coefficient (Wildman–Crippen LogP) is -0.900. The van der Waals surface area contributed by atoms with Crippen molar-refractivity contribution in [2.75, 3.05) is 46.8 Å². The highest BCUT2D eigenvalue weighted by atomic mass is 16.2. The molecule has 2 aliphatic rings. The van der Waals surface area contributed by atoms with Crippen molar-refractivity contribution in [3.05, 3.63) is 0 Å². The normalized spacial score (nSPS) is 22.3. The number of hydrogen-bond acceptors (Lipinski definition) is 4. The smallest absolute Gasteiger partial charge is 0.242 e. The van der Waals surface area contributed by atoms with Gasteiger partial charge >= 0.3 is 0 Å². The summed E-state index contributed by atoms with van der Waals surface area (Å²) in [6, 6.07) is 0. The van der Waals surface area contributed by atoms with Crippen LogP contribution in [0.15, 0.2) is 0 Å². The molecular weight excluding hydrogens is 244 g/mol. The number of rotatable bonds is 3. The molecule has 2 N–H and O–H groups in total. The van der Waals surface area contributed by atoms with Gasteiger partial charge in [0.15, 0.2) is 0 Å². The maximum Gasteiger partial charge on any atom is 0.242 e. The van der Waals surface area contributed by atoms with Crippen molar-refractivity contribution in [1.29, 1.82) is 0 Å². The first-order chi connectivity index (χ1) is 8.92. The van der Waals surface area contributed by atoms with Crippen molar-refractivity contribution in [3.63, 3.8) is 0 Å². The van der Waals surface area contributed by atoms with Crippen LogP contribution in [-0.2, 0) is 9.59 Å². The minimum absolute atomic E-state index is 0.0680. The zero-order valence-electron chi connectivity index (χ0n) is 11.9. The lowest BCUT2D eigenvalue weighted by Crippen LogP contribution is -2.63. The number of amides is 2. The first-order valence-electron chi connectivity index (χ1n) is 6.93. The largest absolute Gasteiger partial charge is 0.338 e. The van der Waals surface area contributed by atoms with Gasteiger partial charge in [-0.15, -0.1) is 0 Å². The molecule has 0 radical (unpaired) electrons. The molecule has 1 aliphatic carbocycles. The molecule has 1 saturated heterocycles. The number of piperazine rings is 1. The highest BCUT2D eigenvalue weighted by Gasteiger charge is 2.43. The molecule has 0 bridgehead atoms. The summed E-state index contributed by atoms with van der Waals surface area (Å²) in [6.07, 6.45) is 2.64. The van der Waals surface area contributed by atoms with E-state index >= 15 is 0 Å². The zero-order chi connectivity index (χ0) is 14.0. The van der Waals surface area contributed by atoms with Gasteiger partial charge in [-0.25, -0.2) is 0 Å². The number of carbonyl (C=O) groups is 2. The van der Waals surface area contributed by atoms with Crippen LogP contribution in [0.2, 0.25) is 0 Å². The monoisotopic (exact) mass is 268 g/mol. The molecule has 1 saturated carbocycles. The summed E-state index contributed by atoms with van der Waals surface area (Å²) < 4.78 is 0. The van der Waals surface area contributed by atoms with Gasteiger partial charge in [-0.05, 0) is 33.4 Å². The minimum Gasteiger partial charge on any atom is -0.338 e. The molecule has 0 aromatic carbocycles. The molecular formula is C13H24N4O2. The van der Waals surface area contributed by atoms with Crippen LogP contribution in [0.4, 0.5) is 0 Å². The molecule has 2 fully saturated rings. The van der Waals surface area contributed by atoms with Gasteiger partial charge in [-0.3, -0.25) is 9.59 Å². The number of nitrogens with zero attached hydrogens (tertiary/aromatic N) is 3. The second-order valence-corrected chi connectivity index (χ2v) is 5.92. The Morgan fingerprint density at radius 3 is 2.05 bits per heavy atom. The van der Waals surface area contributed by atoms with Crippen molar-refractivity contribution < 1.29 is 9.59 Å². The molecule has 0 atom stereocenters. The molecule has 1 heterocycles. The van der Waals surface area contributed by atoms with Gasteiger partial charge < -0.3 is 20.4 Å². The summed E-state index contributed by atoms with van der Waals surface area (Å²) in [4.78, 5) is 29.7. The fraction of sp³-hybridized carbons (Fsp3) is 0.846. The molecule has 2 amide bonds. The van der Waals surface area contributed by atoms with Crippen LogP contribution >= 0.6 is 0 Å². The van der Waals surface area contributed by atoms with Crippen LogP contribution in [0.1, 0.15) is 19.3 Å². The minimum atomic E-state index is -0.615. The van der Waals surface area contributed by atoms with Crippen LogP contribution in [-0.4, -0.2) is 78.9 Å². The SMILES string of the molecule is CN(C)CC(=O)N1CCN(C(=O)C2(N)CCC2)CC1. The number of carbonyl (C=O) groups excluding carboxylic acids is 2. The summed E-state index contributed by atoms with van der Waals surface area (Å²) in [5, 5.41) is 0. The summed E-state index contributed by atoms with van der Waals surface area (Å²) in [6.45, 7) is 2.88. The average Bonchev–Trinajstić information content (AvgIpc) is 2.34. The van der Waals surface area contributed by atoms with Crippen LogP contribution in [0.5, 0.6) is 0 Å². The van der Waals surface area contributed by atoms with E-state index in [0.29, 0.717) is 32.7 Å². The Labute approximate surface area is 114 Å². The van der Waals surface area contributed by atoms with Gasteiger partial charge in [-0.2, -0.15) is 0 Å². The van der Waals surface area contributed by atoms with E-state index in [-0.39, 0.29) is 11.8 Å². The number of nitrogens with two attached hydrogens (primary N) is 1. The maximum absolute atomic E-state index is 12.2. The molecule has 6 heteroatoms. The molecule has 2 rings (SSSR count). The molecule has 19 heavy (non-hydrogen) atoms. The van der Waals surface area contributed by atoms with E-state index in [0.717, 1.165) is 19.3 Å². The average molecular weight is 268 g/mol. The molecule has 1 aliphatic heterocycles. The van der Waals surface area contributed by atoms with Crippen LogP contribution in [0.25, 0.3) is 0 Å². The van der Waals surface area contributed by atoms with Crippen LogP contribution in [0.3, 0.4) is 0 Å². The van der Waals surface area contributed by atoms with Gasteiger partial charge in [-0.1, -0.05) is 0 Å². The first kappa shape index (κ1) is 14.3. The molecule has 0 spiro atoms. The third-order valence-electron chi connectivity index (χ3n) is 4.04. The molecule has 0 unspecified atom stereocenters. The first-order valence-corrected chi connectivity index (χ1v) is 6.93. The standard InChI is InChI=1S/C13H24N4O2/c1-15(2)10-11(18)16-6-8-17(9-7-16)12(19)13(14)4-3-5-13/h3-10,14H2,1-2H3. The van der Waals surface area contributed by atoms with E-state index in [2.05, 4.69) is 0 Å². The lowest BCUT2D eigenvalue weighted by atomic mass is 9.76. The second-order valence-electron chi connectivity index (χ2n) is 5.92. The van der Waals surface area contributed by atoms with Crippen molar-refractivity contribution in [2.24, 2.45) is 5.73 Å². The van der Waals surface area contributed by atoms with E-state index in [1.54, 1.807) is 0 Å². The highest BCUT2D eigenvalue weighted by molar-refractivity contribution is 5.87. The Morgan fingerprint density at radius 2 is 1.63 bits per heavy atom. The fourth-order valence-corrected chi connectivity index (χ4v) is 2.62. The summed E-state index contributed by atoms with van der Waals surface area (Å²) in [5.74, 6) is 0.196. The van der Waals surface area contributed by atoms with Crippen molar-refractivity contribution in [1.82, 2.24) is 14.7 Å². The van der Waals surface area contributed by atoms with E-state index in [1.165, 1.54) is 0 Å². The molecule has 108 valence electrons. The third kappa shape index (κ3) is 3.06. The maximum atomic E-state index is 12.2. The van der Waals surface area contributed by atoms with Crippen molar-refractivity contribution in [2.45, 2.75) is 24.8 Å². The Morgan fingerprint density at radius 1 is 1.11 bits per heavy atom. The molecule has 6 nitrogen and oxygen atoms in total. The summed E-state index contributed by atoms with van der Waals surface area (Å²) in [7, 11) is 3.76. The van der Waals surface area contributed by atoms with Gasteiger partial charge in [0.25, 0.3) is 0 Å². The molecule has 0 aromatic heterocycles. The number of likely N-dealkylation sites (N-methyl/N-ethyl adjacent to an activating group) is 1. The van der Waals surface area contributed by atoms with Gasteiger partial charge in [0.05, 0.1) is 12.1 Å². The number of hydrogen-bond donors (Lipinski definition) is 1. The third-order valence-corrected chi connectivity index (χ3v) is 4.04. The fourth-order valence-electron chi connectivity index (χ4n) is 2.62. The van der Waals surface area contributed by atoms with Gasteiger partial charge in [0.1, 0.15) is 0 Å². The summed E-state index contributed by atoms with van der Waals surface area (Å²) >= 11 is 0. The lowest BCUT2D eigenvalue weighted by Gasteiger charge is -2.43. The Bertz CT molecular complexity index is 358. The quantitative estimate of drug-likeness (QED) is 0.720. The summed E-state index contributed by atoms with van der Waals surface area (Å²) in [5.41, 5.74) is 5.44. The Balaban J connectivity index is 1.82. The predicted molar refractivity (Wildman–Crippen MR) is 72.5 cm³/mol. The Hall–Kier alpha value is -1.14. The Kier molecular flexibility index (Phi) is 4.10. The van der Waals surface area contributed by atoms with Gasteiger partial charge in [0.2, 0.25) is 11.8 Å².